The highest BCUT2D eigenvalue weighted by Crippen LogP contribution is 2.43. The Balaban J connectivity index is 1.56. The van der Waals surface area contributed by atoms with Crippen molar-refractivity contribution in [1.29, 1.82) is 0 Å². The summed E-state index contributed by atoms with van der Waals surface area (Å²) >= 11 is 3.64. The molecule has 0 saturated heterocycles. The van der Waals surface area contributed by atoms with Crippen LogP contribution in [0.1, 0.15) is 51.2 Å². The van der Waals surface area contributed by atoms with E-state index in [2.05, 4.69) is 77.7 Å². The zero-order chi connectivity index (χ0) is 21.8. The molecule has 1 N–H and O–H groups in total. The smallest absolute Gasteiger partial charge is 0.209 e. The maximum Gasteiger partial charge on any atom is 0.209 e. The van der Waals surface area contributed by atoms with E-state index in [0.29, 0.717) is 0 Å². The average Bonchev–Trinajstić information content (AvgIpc) is 2.96. The first-order valence-electron chi connectivity index (χ1n) is 11.0. The van der Waals surface area contributed by atoms with Gasteiger partial charge in [-0.25, -0.2) is 0 Å². The molecule has 0 amide bonds. The van der Waals surface area contributed by atoms with Crippen LogP contribution in [-0.4, -0.2) is 21.9 Å². The molecule has 0 spiro atoms. The Morgan fingerprint density at radius 2 is 1.97 bits per heavy atom. The van der Waals surface area contributed by atoms with Gasteiger partial charge >= 0.3 is 0 Å². The molecule has 31 heavy (non-hydrogen) atoms. The van der Waals surface area contributed by atoms with Crippen LogP contribution in [0.4, 0.5) is 5.69 Å². The number of halogens is 1. The maximum atomic E-state index is 9.87. The van der Waals surface area contributed by atoms with Crippen LogP contribution in [0.2, 0.25) is 0 Å². The van der Waals surface area contributed by atoms with Crippen molar-refractivity contribution in [2.45, 2.75) is 45.4 Å². The number of benzene rings is 2. The van der Waals surface area contributed by atoms with Gasteiger partial charge in [0.15, 0.2) is 5.71 Å². The average molecular weight is 477 g/mol. The Labute approximate surface area is 192 Å². The molecule has 2 aromatic rings. The van der Waals surface area contributed by atoms with Gasteiger partial charge in [-0.1, -0.05) is 15.9 Å². The number of rotatable bonds is 3. The van der Waals surface area contributed by atoms with E-state index in [9.17, 15) is 5.11 Å². The third-order valence-electron chi connectivity index (χ3n) is 6.63. The van der Waals surface area contributed by atoms with Crippen LogP contribution in [0, 0.1) is 0 Å². The number of allylic oxidation sites excluding steroid dienone is 4. The van der Waals surface area contributed by atoms with E-state index in [1.807, 2.05) is 6.07 Å². The van der Waals surface area contributed by atoms with Crippen LogP contribution in [0.15, 0.2) is 69.9 Å². The zero-order valence-corrected chi connectivity index (χ0v) is 19.8. The van der Waals surface area contributed by atoms with Crippen molar-refractivity contribution in [3.8, 4) is 11.5 Å². The summed E-state index contributed by atoms with van der Waals surface area (Å²) in [6.45, 7) is 7.73. The van der Waals surface area contributed by atoms with E-state index in [-0.39, 0.29) is 11.2 Å². The summed E-state index contributed by atoms with van der Waals surface area (Å²) in [5.74, 6) is 1.92. The standard InChI is InChI=1S/C27H26BrNO2/c1-4-29-23-12-10-20(28)15-22(23)27(2,3)25(29)13-9-17-6-5-7-19-14-18-8-11-21(30)16-24(18)31-26(17)19/h8-16H,4-7H2,1-3H3/p+1. The molecule has 158 valence electrons. The Morgan fingerprint density at radius 3 is 2.77 bits per heavy atom. The summed E-state index contributed by atoms with van der Waals surface area (Å²) in [6.07, 6.45) is 9.88. The van der Waals surface area contributed by atoms with Crippen LogP contribution < -0.4 is 4.74 Å². The fraction of sp³-hybridized carbons (Fsp3) is 0.296. The fourth-order valence-electron chi connectivity index (χ4n) is 5.03. The van der Waals surface area contributed by atoms with Crippen molar-refractivity contribution in [3.05, 3.63) is 81.1 Å². The Kier molecular flexibility index (Phi) is 4.93. The number of hydrogen-bond acceptors (Lipinski definition) is 2. The zero-order valence-electron chi connectivity index (χ0n) is 18.2. The van der Waals surface area contributed by atoms with Crippen molar-refractivity contribution in [2.24, 2.45) is 0 Å². The Morgan fingerprint density at radius 1 is 1.13 bits per heavy atom. The molecule has 2 aliphatic heterocycles. The molecule has 0 fully saturated rings. The number of hydrogen-bond donors (Lipinski definition) is 1. The van der Waals surface area contributed by atoms with Gasteiger partial charge in [-0.15, -0.1) is 0 Å². The minimum absolute atomic E-state index is 0.0734. The summed E-state index contributed by atoms with van der Waals surface area (Å²) in [4.78, 5) is 0. The second kappa shape index (κ2) is 7.52. The van der Waals surface area contributed by atoms with Crippen LogP contribution in [-0.2, 0) is 5.41 Å². The molecule has 5 rings (SSSR count). The number of aromatic hydroxyl groups is 1. The molecule has 0 radical (unpaired) electrons. The first-order chi connectivity index (χ1) is 14.9. The monoisotopic (exact) mass is 476 g/mol. The molecule has 0 atom stereocenters. The summed E-state index contributed by atoms with van der Waals surface area (Å²) in [5.41, 5.74) is 7.38. The molecular weight excluding hydrogens is 450 g/mol. The summed E-state index contributed by atoms with van der Waals surface area (Å²) < 4.78 is 9.83. The molecule has 0 unspecified atom stereocenters. The molecular formula is C27H27BrNO2+. The van der Waals surface area contributed by atoms with Crippen LogP contribution in [0.5, 0.6) is 11.5 Å². The molecule has 0 saturated carbocycles. The van der Waals surface area contributed by atoms with E-state index in [0.717, 1.165) is 47.4 Å². The van der Waals surface area contributed by atoms with Crippen molar-refractivity contribution >= 4 is 33.4 Å². The number of phenolic OH excluding ortho intramolecular Hbond substituents is 1. The molecule has 2 heterocycles. The lowest BCUT2D eigenvalue weighted by Crippen LogP contribution is -2.27. The van der Waals surface area contributed by atoms with Gasteiger partial charge in [0.25, 0.3) is 0 Å². The lowest BCUT2D eigenvalue weighted by molar-refractivity contribution is -0.433. The van der Waals surface area contributed by atoms with Gasteiger partial charge in [-0.2, -0.15) is 4.58 Å². The van der Waals surface area contributed by atoms with Gasteiger partial charge in [0, 0.05) is 33.8 Å². The summed E-state index contributed by atoms with van der Waals surface area (Å²) in [5, 5.41) is 9.87. The van der Waals surface area contributed by atoms with E-state index in [1.54, 1.807) is 12.1 Å². The van der Waals surface area contributed by atoms with E-state index in [4.69, 9.17) is 4.74 Å². The number of nitrogens with zero attached hydrogens (tertiary/aromatic N) is 1. The highest BCUT2D eigenvalue weighted by Gasteiger charge is 2.43. The normalized spacial score (nSPS) is 19.2. The minimum atomic E-state index is -0.0734. The number of fused-ring (bicyclic) bond motifs is 3. The number of phenols is 1. The maximum absolute atomic E-state index is 9.87. The summed E-state index contributed by atoms with van der Waals surface area (Å²) in [6, 6.07) is 11.9. The number of ether oxygens (including phenoxy) is 1. The molecule has 0 aromatic heterocycles. The van der Waals surface area contributed by atoms with Crippen molar-refractivity contribution in [1.82, 2.24) is 0 Å². The fourth-order valence-corrected chi connectivity index (χ4v) is 5.39. The predicted octanol–water partition coefficient (Wildman–Crippen LogP) is 7.02. The lowest BCUT2D eigenvalue weighted by atomic mass is 9.81. The molecule has 3 nitrogen and oxygen atoms in total. The first-order valence-corrected chi connectivity index (χ1v) is 11.8. The van der Waals surface area contributed by atoms with E-state index < -0.39 is 0 Å². The van der Waals surface area contributed by atoms with Gasteiger partial charge < -0.3 is 9.84 Å². The largest absolute Gasteiger partial charge is 0.508 e. The SMILES string of the molecule is CC[N+]1=C(/C=C/C2=C3Oc4cc(O)ccc4C=C3CCC2)C(C)(C)c2cc(Br)ccc21. The lowest BCUT2D eigenvalue weighted by Gasteiger charge is -2.26. The van der Waals surface area contributed by atoms with Gasteiger partial charge in [0.05, 0.1) is 5.41 Å². The minimum Gasteiger partial charge on any atom is -0.508 e. The molecule has 1 aliphatic carbocycles. The van der Waals surface area contributed by atoms with Crippen molar-refractivity contribution in [3.63, 3.8) is 0 Å². The Hall–Kier alpha value is -2.59. The topological polar surface area (TPSA) is 32.5 Å². The third kappa shape index (κ3) is 3.38. The van der Waals surface area contributed by atoms with Gasteiger partial charge in [0.1, 0.15) is 23.8 Å². The highest BCUT2D eigenvalue weighted by molar-refractivity contribution is 9.10. The van der Waals surface area contributed by atoms with E-state index >= 15 is 0 Å². The first kappa shape index (κ1) is 20.3. The second-order valence-corrected chi connectivity index (χ2v) is 9.87. The quantitative estimate of drug-likeness (QED) is 0.482. The van der Waals surface area contributed by atoms with Crippen molar-refractivity contribution in [2.75, 3.05) is 6.54 Å². The van der Waals surface area contributed by atoms with Gasteiger partial charge in [-0.05, 0) is 87.6 Å². The molecule has 3 aliphatic rings. The molecule has 0 bridgehead atoms. The predicted molar refractivity (Wildman–Crippen MR) is 129 cm³/mol. The molecule has 4 heteroatoms. The van der Waals surface area contributed by atoms with Crippen LogP contribution in [0.25, 0.3) is 6.08 Å². The molecule has 2 aromatic carbocycles. The van der Waals surface area contributed by atoms with Crippen molar-refractivity contribution < 1.29 is 14.4 Å². The van der Waals surface area contributed by atoms with Crippen LogP contribution in [0.3, 0.4) is 0 Å². The highest BCUT2D eigenvalue weighted by atomic mass is 79.9. The third-order valence-corrected chi connectivity index (χ3v) is 7.12. The van der Waals surface area contributed by atoms with Gasteiger partial charge in [0.2, 0.25) is 5.69 Å². The second-order valence-electron chi connectivity index (χ2n) is 8.95. The van der Waals surface area contributed by atoms with Crippen LogP contribution >= 0.6 is 15.9 Å². The summed E-state index contributed by atoms with van der Waals surface area (Å²) in [7, 11) is 0. The van der Waals surface area contributed by atoms with Gasteiger partial charge in [-0.3, -0.25) is 0 Å². The Bertz CT molecular complexity index is 1210. The van der Waals surface area contributed by atoms with E-state index in [1.165, 1.54) is 28.1 Å².